The third-order valence-electron chi connectivity index (χ3n) is 2.30. The molecule has 15 heavy (non-hydrogen) atoms. The maximum atomic E-state index is 13.0. The van der Waals surface area contributed by atoms with Gasteiger partial charge in [-0.05, 0) is 54.3 Å². The Morgan fingerprint density at radius 3 is 2.33 bits per heavy atom. The predicted molar refractivity (Wildman–Crippen MR) is 62.9 cm³/mol. The van der Waals surface area contributed by atoms with Crippen molar-refractivity contribution in [1.82, 2.24) is 0 Å². The number of rotatable bonds is 1. The summed E-state index contributed by atoms with van der Waals surface area (Å²) in [5.41, 5.74) is 1.84. The lowest BCUT2D eigenvalue weighted by atomic mass is 9.97. The summed E-state index contributed by atoms with van der Waals surface area (Å²) in [6.07, 6.45) is 4.66. The van der Waals surface area contributed by atoms with Crippen LogP contribution >= 0.6 is 23.2 Å². The fourth-order valence-electron chi connectivity index (χ4n) is 1.63. The lowest BCUT2D eigenvalue weighted by Crippen LogP contribution is -1.90. The quantitative estimate of drug-likeness (QED) is 0.649. The minimum absolute atomic E-state index is 0.188. The summed E-state index contributed by atoms with van der Waals surface area (Å²) < 4.78 is 13.0. The largest absolute Gasteiger partial charge is 0.207 e. The van der Waals surface area contributed by atoms with Gasteiger partial charge in [-0.15, -0.1) is 0 Å². The van der Waals surface area contributed by atoms with Crippen molar-refractivity contribution in [2.24, 2.45) is 0 Å². The number of benzene rings is 1. The van der Waals surface area contributed by atoms with Crippen LogP contribution in [-0.4, -0.2) is 0 Å². The van der Waals surface area contributed by atoms with Crippen molar-refractivity contribution in [3.8, 4) is 0 Å². The van der Waals surface area contributed by atoms with Crippen molar-refractivity contribution in [2.45, 2.75) is 12.8 Å². The third kappa shape index (κ3) is 2.61. The van der Waals surface area contributed by atoms with E-state index in [2.05, 4.69) is 0 Å². The third-order valence-corrected chi connectivity index (χ3v) is 2.73. The Bertz CT molecular complexity index is 427. The van der Waals surface area contributed by atoms with Crippen molar-refractivity contribution in [3.05, 3.63) is 51.8 Å². The maximum Gasteiger partial charge on any atom is 0.119 e. The molecule has 78 valence electrons. The van der Waals surface area contributed by atoms with Crippen LogP contribution in [0.1, 0.15) is 18.4 Å². The molecule has 0 nitrogen and oxygen atoms in total. The Kier molecular flexibility index (Phi) is 3.13. The SMILES string of the molecule is FC1=CCCC(c2cc(Cl)cc(Cl)c2)=C1. The van der Waals surface area contributed by atoms with Crippen molar-refractivity contribution in [2.75, 3.05) is 0 Å². The van der Waals surface area contributed by atoms with Crippen molar-refractivity contribution in [3.63, 3.8) is 0 Å². The van der Waals surface area contributed by atoms with Gasteiger partial charge in [0, 0.05) is 10.0 Å². The van der Waals surface area contributed by atoms with Crippen LogP contribution in [0, 0.1) is 0 Å². The Balaban J connectivity index is 2.41. The lowest BCUT2D eigenvalue weighted by Gasteiger charge is -2.11. The highest BCUT2D eigenvalue weighted by atomic mass is 35.5. The normalized spacial score (nSPS) is 15.9. The van der Waals surface area contributed by atoms with Crippen molar-refractivity contribution >= 4 is 28.8 Å². The van der Waals surface area contributed by atoms with E-state index in [9.17, 15) is 4.39 Å². The molecule has 2 rings (SSSR count). The highest BCUT2D eigenvalue weighted by Gasteiger charge is 2.08. The molecule has 0 N–H and O–H groups in total. The standard InChI is InChI=1S/C12H9Cl2F/c13-10-4-9(5-11(14)7-10)8-2-1-3-12(15)6-8/h3-7H,1-2H2. The van der Waals surface area contributed by atoms with Gasteiger partial charge in [-0.1, -0.05) is 23.2 Å². The van der Waals surface area contributed by atoms with E-state index in [0.717, 1.165) is 24.0 Å². The van der Waals surface area contributed by atoms with Crippen LogP contribution in [0.25, 0.3) is 5.57 Å². The number of halogens is 3. The first-order chi connectivity index (χ1) is 7.15. The molecule has 0 heterocycles. The Morgan fingerprint density at radius 1 is 1.07 bits per heavy atom. The Labute approximate surface area is 98.0 Å². The highest BCUT2D eigenvalue weighted by molar-refractivity contribution is 6.34. The van der Waals surface area contributed by atoms with Gasteiger partial charge >= 0.3 is 0 Å². The van der Waals surface area contributed by atoms with E-state index in [1.807, 2.05) is 0 Å². The Hall–Kier alpha value is -0.790. The molecule has 0 atom stereocenters. The second-order valence-electron chi connectivity index (χ2n) is 3.46. The van der Waals surface area contributed by atoms with Crippen LogP contribution in [-0.2, 0) is 0 Å². The van der Waals surface area contributed by atoms with Crippen LogP contribution < -0.4 is 0 Å². The molecule has 0 bridgehead atoms. The average Bonchev–Trinajstić information content (AvgIpc) is 2.16. The molecule has 0 spiro atoms. The maximum absolute atomic E-state index is 13.0. The summed E-state index contributed by atoms with van der Waals surface area (Å²) in [7, 11) is 0. The molecule has 1 aromatic carbocycles. The fourth-order valence-corrected chi connectivity index (χ4v) is 2.16. The van der Waals surface area contributed by atoms with Gasteiger partial charge in [0.05, 0.1) is 0 Å². The van der Waals surface area contributed by atoms with Crippen LogP contribution in [0.4, 0.5) is 4.39 Å². The molecule has 1 aromatic rings. The molecule has 0 aromatic heterocycles. The van der Waals surface area contributed by atoms with Crippen molar-refractivity contribution in [1.29, 1.82) is 0 Å². The van der Waals surface area contributed by atoms with Gasteiger partial charge in [0.1, 0.15) is 5.83 Å². The van der Waals surface area contributed by atoms with E-state index in [1.54, 1.807) is 24.3 Å². The second kappa shape index (κ2) is 4.38. The van der Waals surface area contributed by atoms with E-state index >= 15 is 0 Å². The molecular formula is C12H9Cl2F. The molecule has 1 aliphatic carbocycles. The summed E-state index contributed by atoms with van der Waals surface area (Å²) in [5, 5.41) is 1.15. The summed E-state index contributed by atoms with van der Waals surface area (Å²) in [4.78, 5) is 0. The first-order valence-corrected chi connectivity index (χ1v) is 5.43. The molecule has 1 aliphatic rings. The summed E-state index contributed by atoms with van der Waals surface area (Å²) >= 11 is 11.8. The molecule has 0 fully saturated rings. The number of hydrogen-bond donors (Lipinski definition) is 0. The zero-order chi connectivity index (χ0) is 10.8. The molecule has 0 saturated heterocycles. The summed E-state index contributed by atoms with van der Waals surface area (Å²) in [5.74, 6) is -0.188. The van der Waals surface area contributed by atoms with E-state index < -0.39 is 0 Å². The van der Waals surface area contributed by atoms with Gasteiger partial charge in [0.25, 0.3) is 0 Å². The minimum atomic E-state index is -0.188. The molecule has 0 radical (unpaired) electrons. The van der Waals surface area contributed by atoms with Crippen LogP contribution in [0.2, 0.25) is 10.0 Å². The van der Waals surface area contributed by atoms with Gasteiger partial charge in [-0.3, -0.25) is 0 Å². The monoisotopic (exact) mass is 242 g/mol. The molecule has 3 heteroatoms. The molecule has 0 aliphatic heterocycles. The summed E-state index contributed by atoms with van der Waals surface area (Å²) in [6, 6.07) is 5.28. The topological polar surface area (TPSA) is 0 Å². The fraction of sp³-hybridized carbons (Fsp3) is 0.167. The lowest BCUT2D eigenvalue weighted by molar-refractivity contribution is 0.654. The highest BCUT2D eigenvalue weighted by Crippen LogP contribution is 2.30. The van der Waals surface area contributed by atoms with Crippen LogP contribution in [0.15, 0.2) is 36.2 Å². The van der Waals surface area contributed by atoms with Gasteiger partial charge in [-0.2, -0.15) is 0 Å². The van der Waals surface area contributed by atoms with E-state index in [4.69, 9.17) is 23.2 Å². The van der Waals surface area contributed by atoms with Gasteiger partial charge in [-0.25, -0.2) is 4.39 Å². The Morgan fingerprint density at radius 2 is 1.73 bits per heavy atom. The smallest absolute Gasteiger partial charge is 0.119 e. The summed E-state index contributed by atoms with van der Waals surface area (Å²) in [6.45, 7) is 0. The van der Waals surface area contributed by atoms with Gasteiger partial charge in [0.15, 0.2) is 0 Å². The van der Waals surface area contributed by atoms with E-state index in [0.29, 0.717) is 10.0 Å². The number of hydrogen-bond acceptors (Lipinski definition) is 0. The van der Waals surface area contributed by atoms with Crippen LogP contribution in [0.5, 0.6) is 0 Å². The van der Waals surface area contributed by atoms with E-state index in [1.165, 1.54) is 6.08 Å². The molecular weight excluding hydrogens is 234 g/mol. The number of allylic oxidation sites excluding steroid dienone is 4. The average molecular weight is 243 g/mol. The second-order valence-corrected chi connectivity index (χ2v) is 4.33. The van der Waals surface area contributed by atoms with Gasteiger partial charge < -0.3 is 0 Å². The van der Waals surface area contributed by atoms with Gasteiger partial charge in [0.2, 0.25) is 0 Å². The van der Waals surface area contributed by atoms with Crippen molar-refractivity contribution < 1.29 is 4.39 Å². The molecule has 0 amide bonds. The zero-order valence-electron chi connectivity index (χ0n) is 7.93. The predicted octanol–water partition coefficient (Wildman–Crippen LogP) is 5.02. The molecule has 0 saturated carbocycles. The van der Waals surface area contributed by atoms with E-state index in [-0.39, 0.29) is 5.83 Å². The van der Waals surface area contributed by atoms with Crippen LogP contribution in [0.3, 0.4) is 0 Å². The first-order valence-electron chi connectivity index (χ1n) is 4.68. The molecule has 0 unspecified atom stereocenters. The zero-order valence-corrected chi connectivity index (χ0v) is 9.45. The minimum Gasteiger partial charge on any atom is -0.207 e. The first kappa shape index (κ1) is 10.7.